The number of pyridine rings is 1. The largest absolute Gasteiger partial charge is 0.311 e. The fraction of sp³-hybridized carbons (Fsp3) is 0. The SMILES string of the molecule is c1ccc(N(c2ccccc2)c2ccc(N3c4cc5cc(-c6cccnc6)ccc5cc4-c4cccc5c(-c6ccc(N(c7ccccc7)c7cccc8ccccc78)cc6)ccc3c45)cc2)cc1. The van der Waals surface area contributed by atoms with E-state index in [4.69, 9.17) is 0 Å². The van der Waals surface area contributed by atoms with E-state index in [1.807, 2.05) is 18.5 Å². The summed E-state index contributed by atoms with van der Waals surface area (Å²) in [6.45, 7) is 0. The molecule has 69 heavy (non-hydrogen) atoms. The van der Waals surface area contributed by atoms with Gasteiger partial charge in [0.25, 0.3) is 0 Å². The topological polar surface area (TPSA) is 22.6 Å². The molecule has 0 spiro atoms. The van der Waals surface area contributed by atoms with Crippen LogP contribution >= 0.6 is 0 Å². The molecule has 324 valence electrons. The third kappa shape index (κ3) is 7.06. The van der Waals surface area contributed by atoms with Crippen LogP contribution in [0.25, 0.3) is 65.7 Å². The number of hydrogen-bond acceptors (Lipinski definition) is 4. The highest BCUT2D eigenvalue weighted by molar-refractivity contribution is 6.19. The van der Waals surface area contributed by atoms with Crippen molar-refractivity contribution < 1.29 is 0 Å². The summed E-state index contributed by atoms with van der Waals surface area (Å²) in [6.07, 6.45) is 3.77. The second kappa shape index (κ2) is 16.9. The minimum atomic E-state index is 1.09. The van der Waals surface area contributed by atoms with Crippen molar-refractivity contribution >= 4 is 83.5 Å². The zero-order chi connectivity index (χ0) is 45.7. The molecule has 0 saturated carbocycles. The van der Waals surface area contributed by atoms with Crippen molar-refractivity contribution in [1.82, 2.24) is 4.98 Å². The molecule has 1 aliphatic rings. The van der Waals surface area contributed by atoms with Crippen molar-refractivity contribution in [3.8, 4) is 33.4 Å². The van der Waals surface area contributed by atoms with E-state index >= 15 is 0 Å². The molecule has 0 amide bonds. The van der Waals surface area contributed by atoms with Crippen LogP contribution < -0.4 is 14.7 Å². The number of anilines is 9. The minimum absolute atomic E-state index is 1.09. The van der Waals surface area contributed by atoms with E-state index in [0.717, 1.165) is 62.3 Å². The molecule has 13 rings (SSSR count). The minimum Gasteiger partial charge on any atom is -0.311 e. The molecule has 0 atom stereocenters. The first-order valence-corrected chi connectivity index (χ1v) is 23.5. The van der Waals surface area contributed by atoms with Crippen LogP contribution in [-0.4, -0.2) is 4.98 Å². The lowest BCUT2D eigenvalue weighted by atomic mass is 9.86. The maximum atomic E-state index is 4.43. The molecule has 0 saturated heterocycles. The molecule has 0 bridgehead atoms. The van der Waals surface area contributed by atoms with Gasteiger partial charge in [-0.2, -0.15) is 0 Å². The lowest BCUT2D eigenvalue weighted by Crippen LogP contribution is -2.16. The van der Waals surface area contributed by atoms with E-state index < -0.39 is 0 Å². The summed E-state index contributed by atoms with van der Waals surface area (Å²) in [6, 6.07) is 92.3. The van der Waals surface area contributed by atoms with Gasteiger partial charge < -0.3 is 14.7 Å². The molecule has 0 N–H and O–H groups in total. The molecule has 4 nitrogen and oxygen atoms in total. The molecule has 11 aromatic carbocycles. The quantitative estimate of drug-likeness (QED) is 0.144. The Morgan fingerprint density at radius 2 is 0.928 bits per heavy atom. The summed E-state index contributed by atoms with van der Waals surface area (Å²) < 4.78 is 0. The standard InChI is InChI=1S/C65H44N4/c1-4-18-51(19-5-1)67(52-20-6-2-7-21-52)54-34-36-56(37-35-54)69-63-39-38-57(46-30-32-55(33-31-46)68(53-22-8-3-9-23-53)62-27-12-16-45-15-10-11-24-58(45)62)59-25-13-26-60(65(59)63)61-42-48-29-28-47(41-50(48)43-64(61)69)49-17-14-40-66-44-49/h1-44H. The second-order valence-corrected chi connectivity index (χ2v) is 17.6. The van der Waals surface area contributed by atoms with Crippen LogP contribution in [0.1, 0.15) is 0 Å². The Bertz CT molecular complexity index is 3770. The maximum absolute atomic E-state index is 4.43. The maximum Gasteiger partial charge on any atom is 0.0547 e. The van der Waals surface area contributed by atoms with Crippen molar-refractivity contribution in [3.63, 3.8) is 0 Å². The van der Waals surface area contributed by atoms with Gasteiger partial charge in [0.1, 0.15) is 0 Å². The summed E-state index contributed by atoms with van der Waals surface area (Å²) in [7, 11) is 0. The molecule has 0 aliphatic carbocycles. The fourth-order valence-electron chi connectivity index (χ4n) is 10.4. The Morgan fingerprint density at radius 3 is 1.65 bits per heavy atom. The van der Waals surface area contributed by atoms with Crippen LogP contribution in [0.4, 0.5) is 51.2 Å². The number of nitrogens with zero attached hydrogens (tertiary/aromatic N) is 4. The smallest absolute Gasteiger partial charge is 0.0547 e. The van der Waals surface area contributed by atoms with E-state index in [9.17, 15) is 0 Å². The number of para-hydroxylation sites is 3. The van der Waals surface area contributed by atoms with Gasteiger partial charge in [0.15, 0.2) is 0 Å². The average Bonchev–Trinajstić information content (AvgIpc) is 3.42. The van der Waals surface area contributed by atoms with E-state index in [1.54, 1.807) is 0 Å². The van der Waals surface area contributed by atoms with Gasteiger partial charge in [-0.1, -0.05) is 146 Å². The summed E-state index contributed by atoms with van der Waals surface area (Å²) in [5, 5.41) is 7.24. The van der Waals surface area contributed by atoms with Gasteiger partial charge in [-0.05, 0) is 153 Å². The Balaban J connectivity index is 0.961. The lowest BCUT2D eigenvalue weighted by Gasteiger charge is -2.35. The Labute approximate surface area is 401 Å². The number of benzene rings is 11. The Kier molecular flexibility index (Phi) is 9.80. The first kappa shape index (κ1) is 40.1. The van der Waals surface area contributed by atoms with Crippen molar-refractivity contribution in [2.75, 3.05) is 14.7 Å². The van der Waals surface area contributed by atoms with Gasteiger partial charge in [-0.25, -0.2) is 0 Å². The predicted octanol–water partition coefficient (Wildman–Crippen LogP) is 18.3. The third-order valence-electron chi connectivity index (χ3n) is 13.6. The molecule has 1 aliphatic heterocycles. The Morgan fingerprint density at radius 1 is 0.319 bits per heavy atom. The van der Waals surface area contributed by atoms with Gasteiger partial charge in [0.2, 0.25) is 0 Å². The molecule has 0 unspecified atom stereocenters. The van der Waals surface area contributed by atoms with Crippen LogP contribution in [0, 0.1) is 0 Å². The normalized spacial score (nSPS) is 11.7. The number of hydrogen-bond donors (Lipinski definition) is 0. The van der Waals surface area contributed by atoms with Crippen molar-refractivity contribution in [2.24, 2.45) is 0 Å². The van der Waals surface area contributed by atoms with Crippen LogP contribution in [0.3, 0.4) is 0 Å². The molecule has 2 heterocycles. The summed E-state index contributed by atoms with van der Waals surface area (Å²) >= 11 is 0. The molecular weight excluding hydrogens is 837 g/mol. The van der Waals surface area contributed by atoms with E-state index in [1.165, 1.54) is 54.6 Å². The first-order valence-electron chi connectivity index (χ1n) is 23.5. The highest BCUT2D eigenvalue weighted by Crippen LogP contribution is 2.54. The van der Waals surface area contributed by atoms with Crippen molar-refractivity contribution in [3.05, 3.63) is 267 Å². The number of rotatable bonds is 9. The zero-order valence-electron chi connectivity index (χ0n) is 37.7. The van der Waals surface area contributed by atoms with Gasteiger partial charge in [-0.3, -0.25) is 4.98 Å². The zero-order valence-corrected chi connectivity index (χ0v) is 37.7. The van der Waals surface area contributed by atoms with Crippen LogP contribution in [-0.2, 0) is 0 Å². The summed E-state index contributed by atoms with van der Waals surface area (Å²) in [5.74, 6) is 0. The number of aromatic nitrogens is 1. The molecule has 0 radical (unpaired) electrons. The van der Waals surface area contributed by atoms with Gasteiger partial charge in [0, 0.05) is 68.4 Å². The molecule has 4 heteroatoms. The number of fused-ring (bicyclic) bond motifs is 4. The van der Waals surface area contributed by atoms with Crippen LogP contribution in [0.5, 0.6) is 0 Å². The van der Waals surface area contributed by atoms with Gasteiger partial charge in [-0.15, -0.1) is 0 Å². The third-order valence-corrected chi connectivity index (χ3v) is 13.6. The first-order chi connectivity index (χ1) is 34.2. The molecule has 0 fully saturated rings. The Hall–Kier alpha value is -9.25. The lowest BCUT2D eigenvalue weighted by molar-refractivity contribution is 1.26. The van der Waals surface area contributed by atoms with Crippen molar-refractivity contribution in [1.29, 1.82) is 0 Å². The second-order valence-electron chi connectivity index (χ2n) is 17.6. The predicted molar refractivity (Wildman–Crippen MR) is 291 cm³/mol. The fourth-order valence-corrected chi connectivity index (χ4v) is 10.4. The van der Waals surface area contributed by atoms with Crippen LogP contribution in [0.2, 0.25) is 0 Å². The van der Waals surface area contributed by atoms with E-state index in [-0.39, 0.29) is 0 Å². The highest BCUT2D eigenvalue weighted by Gasteiger charge is 2.28. The molecule has 1 aromatic heterocycles. The summed E-state index contributed by atoms with van der Waals surface area (Å²) in [5.41, 5.74) is 17.1. The van der Waals surface area contributed by atoms with E-state index in [2.05, 4.69) is 268 Å². The molecular formula is C65H44N4. The van der Waals surface area contributed by atoms with Gasteiger partial charge >= 0.3 is 0 Å². The van der Waals surface area contributed by atoms with Crippen LogP contribution in [0.15, 0.2) is 267 Å². The highest BCUT2D eigenvalue weighted by atomic mass is 15.2. The average molecular weight is 881 g/mol. The summed E-state index contributed by atoms with van der Waals surface area (Å²) in [4.78, 5) is 11.6. The van der Waals surface area contributed by atoms with Gasteiger partial charge in [0.05, 0.1) is 17.1 Å². The monoisotopic (exact) mass is 880 g/mol. The van der Waals surface area contributed by atoms with Crippen molar-refractivity contribution in [2.45, 2.75) is 0 Å². The molecule has 12 aromatic rings. The van der Waals surface area contributed by atoms with E-state index in [0.29, 0.717) is 0 Å².